The van der Waals surface area contributed by atoms with Crippen molar-refractivity contribution in [1.82, 2.24) is 0 Å². The van der Waals surface area contributed by atoms with Crippen molar-refractivity contribution in [3.63, 3.8) is 0 Å². The molecule has 1 N–H and O–H groups in total. The minimum absolute atomic E-state index is 0.272. The monoisotopic (exact) mass is 417 g/mol. The molecule has 0 spiro atoms. The van der Waals surface area contributed by atoms with E-state index < -0.39 is 0 Å². The second-order valence-electron chi connectivity index (χ2n) is 6.82. The van der Waals surface area contributed by atoms with Crippen LogP contribution in [0, 0.1) is 5.92 Å². The lowest BCUT2D eigenvalue weighted by Gasteiger charge is -2.20. The molecule has 0 radical (unpaired) electrons. The molecule has 6 heteroatoms. The van der Waals surface area contributed by atoms with Gasteiger partial charge in [-0.3, -0.25) is 4.79 Å². The van der Waals surface area contributed by atoms with E-state index in [0.717, 1.165) is 36.8 Å². The van der Waals surface area contributed by atoms with Crippen LogP contribution in [0.2, 0.25) is 5.02 Å². The van der Waals surface area contributed by atoms with Gasteiger partial charge in [0.25, 0.3) is 0 Å². The maximum atomic E-state index is 12.5. The van der Waals surface area contributed by atoms with Gasteiger partial charge in [0.05, 0.1) is 12.2 Å². The second kappa shape index (κ2) is 9.39. The number of benzene rings is 1. The Morgan fingerprint density at radius 1 is 1.29 bits per heavy atom. The molecule has 0 aliphatic heterocycles. The third-order valence-electron chi connectivity index (χ3n) is 4.96. The van der Waals surface area contributed by atoms with Crippen molar-refractivity contribution >= 4 is 45.9 Å². The summed E-state index contributed by atoms with van der Waals surface area (Å²) in [4.78, 5) is 26.2. The van der Waals surface area contributed by atoms with Crippen LogP contribution in [-0.2, 0) is 22.4 Å². The molecule has 0 saturated heterocycles. The van der Waals surface area contributed by atoms with Gasteiger partial charge in [-0.1, -0.05) is 37.1 Å². The van der Waals surface area contributed by atoms with Crippen LogP contribution in [-0.4, -0.2) is 18.5 Å². The number of amides is 1. The number of fused-ring (bicyclic) bond motifs is 1. The van der Waals surface area contributed by atoms with Crippen LogP contribution in [0.1, 0.15) is 53.1 Å². The minimum Gasteiger partial charge on any atom is -0.462 e. The van der Waals surface area contributed by atoms with Crippen molar-refractivity contribution < 1.29 is 14.3 Å². The number of hydrogen-bond donors (Lipinski definition) is 1. The zero-order valence-electron chi connectivity index (χ0n) is 16.1. The topological polar surface area (TPSA) is 55.4 Å². The average Bonchev–Trinajstić information content (AvgIpc) is 3.04. The predicted molar refractivity (Wildman–Crippen MR) is 115 cm³/mol. The van der Waals surface area contributed by atoms with E-state index in [2.05, 4.69) is 12.2 Å². The van der Waals surface area contributed by atoms with E-state index in [-0.39, 0.29) is 11.9 Å². The summed E-state index contributed by atoms with van der Waals surface area (Å²) >= 11 is 7.38. The first-order valence-electron chi connectivity index (χ1n) is 9.58. The van der Waals surface area contributed by atoms with Crippen molar-refractivity contribution in [1.29, 1.82) is 0 Å². The van der Waals surface area contributed by atoms with E-state index in [4.69, 9.17) is 16.3 Å². The number of hydrogen-bond acceptors (Lipinski definition) is 4. The summed E-state index contributed by atoms with van der Waals surface area (Å²) in [5.74, 6) is 0.00705. The van der Waals surface area contributed by atoms with E-state index in [1.807, 2.05) is 12.1 Å². The van der Waals surface area contributed by atoms with Crippen LogP contribution in [0.25, 0.3) is 6.08 Å². The van der Waals surface area contributed by atoms with Gasteiger partial charge in [-0.25, -0.2) is 4.79 Å². The number of halogens is 1. The van der Waals surface area contributed by atoms with Gasteiger partial charge < -0.3 is 10.1 Å². The van der Waals surface area contributed by atoms with Crippen molar-refractivity contribution in [3.05, 3.63) is 56.9 Å². The predicted octanol–water partition coefficient (Wildman–Crippen LogP) is 5.75. The van der Waals surface area contributed by atoms with Crippen LogP contribution >= 0.6 is 22.9 Å². The Morgan fingerprint density at radius 2 is 2.04 bits per heavy atom. The molecule has 1 aliphatic rings. The van der Waals surface area contributed by atoms with Crippen molar-refractivity contribution in [3.8, 4) is 0 Å². The normalized spacial score (nSPS) is 16.0. The number of rotatable bonds is 6. The van der Waals surface area contributed by atoms with Crippen LogP contribution in [0.5, 0.6) is 0 Å². The summed E-state index contributed by atoms with van der Waals surface area (Å²) in [7, 11) is 0. The van der Waals surface area contributed by atoms with E-state index in [0.29, 0.717) is 28.1 Å². The number of carbonyl (C=O) groups excluding carboxylic acids is 2. The fourth-order valence-electron chi connectivity index (χ4n) is 3.41. The van der Waals surface area contributed by atoms with Crippen molar-refractivity contribution in [2.75, 3.05) is 11.9 Å². The van der Waals surface area contributed by atoms with Gasteiger partial charge in [-0.2, -0.15) is 0 Å². The third kappa shape index (κ3) is 4.83. The molecule has 0 bridgehead atoms. The van der Waals surface area contributed by atoms with E-state index >= 15 is 0 Å². The largest absolute Gasteiger partial charge is 0.462 e. The zero-order chi connectivity index (χ0) is 20.1. The van der Waals surface area contributed by atoms with Gasteiger partial charge in [0.2, 0.25) is 5.91 Å². The number of esters is 1. The molecule has 3 rings (SSSR count). The molecule has 1 aromatic heterocycles. The Labute approximate surface area is 174 Å². The van der Waals surface area contributed by atoms with E-state index in [1.54, 1.807) is 25.1 Å². The summed E-state index contributed by atoms with van der Waals surface area (Å²) in [6.07, 6.45) is 7.19. The Hall–Kier alpha value is -2.11. The summed E-state index contributed by atoms with van der Waals surface area (Å²) < 4.78 is 5.25. The van der Waals surface area contributed by atoms with Gasteiger partial charge in [0, 0.05) is 16.0 Å². The zero-order valence-corrected chi connectivity index (χ0v) is 17.7. The highest BCUT2D eigenvalue weighted by atomic mass is 35.5. The molecule has 1 unspecified atom stereocenters. The molecule has 1 amide bonds. The second-order valence-corrected chi connectivity index (χ2v) is 8.36. The van der Waals surface area contributed by atoms with Crippen LogP contribution < -0.4 is 5.32 Å². The van der Waals surface area contributed by atoms with Crippen molar-refractivity contribution in [2.45, 2.75) is 39.5 Å². The molecule has 1 atom stereocenters. The number of thiophene rings is 1. The standard InChI is InChI=1S/C22H24ClNO3S/c1-3-14-7-11-17-18(13-14)28-21(20(17)22(26)27-4-2)24-19(25)12-8-15-5-9-16(23)10-6-15/h5-6,8-10,12,14H,3-4,7,11,13H2,1-2H3,(H,24,25). The van der Waals surface area contributed by atoms with Crippen LogP contribution in [0.3, 0.4) is 0 Å². The Balaban J connectivity index is 1.82. The van der Waals surface area contributed by atoms with Crippen LogP contribution in [0.4, 0.5) is 5.00 Å². The molecule has 1 heterocycles. The highest BCUT2D eigenvalue weighted by molar-refractivity contribution is 7.17. The van der Waals surface area contributed by atoms with Crippen molar-refractivity contribution in [2.24, 2.45) is 5.92 Å². The van der Waals surface area contributed by atoms with Gasteiger partial charge in [-0.05, 0) is 61.4 Å². The first-order chi connectivity index (χ1) is 13.5. The molecule has 28 heavy (non-hydrogen) atoms. The molecule has 148 valence electrons. The minimum atomic E-state index is -0.355. The van der Waals surface area contributed by atoms with Gasteiger partial charge in [0.15, 0.2) is 0 Å². The highest BCUT2D eigenvalue weighted by Crippen LogP contribution is 2.40. The SMILES string of the molecule is CCOC(=O)c1c(NC(=O)C=Cc2ccc(Cl)cc2)sc2c1CCC(CC)C2. The third-order valence-corrected chi connectivity index (χ3v) is 6.38. The molecular weight excluding hydrogens is 394 g/mol. The molecule has 1 aromatic carbocycles. The quantitative estimate of drug-likeness (QED) is 0.481. The molecule has 1 aliphatic carbocycles. The maximum absolute atomic E-state index is 12.5. The smallest absolute Gasteiger partial charge is 0.341 e. The number of ether oxygens (including phenoxy) is 1. The number of nitrogens with one attached hydrogen (secondary N) is 1. The first-order valence-corrected chi connectivity index (χ1v) is 10.8. The fourth-order valence-corrected chi connectivity index (χ4v) is 4.89. The summed E-state index contributed by atoms with van der Waals surface area (Å²) in [6, 6.07) is 7.22. The van der Waals surface area contributed by atoms with Crippen LogP contribution in [0.15, 0.2) is 30.3 Å². The first kappa shape index (κ1) is 20.6. The Kier molecular flexibility index (Phi) is 6.92. The Bertz CT molecular complexity index is 886. The van der Waals surface area contributed by atoms with Gasteiger partial charge in [-0.15, -0.1) is 11.3 Å². The summed E-state index contributed by atoms with van der Waals surface area (Å²) in [6.45, 7) is 4.29. The maximum Gasteiger partial charge on any atom is 0.341 e. The average molecular weight is 418 g/mol. The molecule has 0 fully saturated rings. The van der Waals surface area contributed by atoms with E-state index in [9.17, 15) is 9.59 Å². The molecular formula is C22H24ClNO3S. The Morgan fingerprint density at radius 3 is 2.71 bits per heavy atom. The van der Waals surface area contributed by atoms with E-state index in [1.165, 1.54) is 22.3 Å². The summed E-state index contributed by atoms with van der Waals surface area (Å²) in [5, 5.41) is 4.12. The highest BCUT2D eigenvalue weighted by Gasteiger charge is 2.29. The molecule has 4 nitrogen and oxygen atoms in total. The fraction of sp³-hybridized carbons (Fsp3) is 0.364. The van der Waals surface area contributed by atoms with Gasteiger partial charge in [0.1, 0.15) is 5.00 Å². The lowest BCUT2D eigenvalue weighted by molar-refractivity contribution is -0.111. The lowest BCUT2D eigenvalue weighted by atomic mass is 9.85. The lowest BCUT2D eigenvalue weighted by Crippen LogP contribution is -2.16. The number of anilines is 1. The molecule has 0 saturated carbocycles. The molecule has 2 aromatic rings. The summed E-state index contributed by atoms with van der Waals surface area (Å²) in [5.41, 5.74) is 2.45. The van der Waals surface area contributed by atoms with Gasteiger partial charge >= 0.3 is 5.97 Å². The number of carbonyl (C=O) groups is 2.